The molecule has 2 rings (SSSR count). The number of hydrogen-bond donors (Lipinski definition) is 1. The summed E-state index contributed by atoms with van der Waals surface area (Å²) < 4.78 is 7.11. The van der Waals surface area contributed by atoms with Gasteiger partial charge in [-0.15, -0.1) is 0 Å². The standard InChI is InChI=1S/C13H12Br2N2O2/c1-2-11-6-16-12(19-11)7-17-13(18)8-3-9(14)5-10(15)4-8/h3-6H,2,7H2,1H3,(H,17,18). The number of halogens is 2. The molecule has 0 unspecified atom stereocenters. The van der Waals surface area contributed by atoms with Crippen LogP contribution < -0.4 is 5.32 Å². The van der Waals surface area contributed by atoms with Crippen LogP contribution in [0.15, 0.2) is 37.8 Å². The summed E-state index contributed by atoms with van der Waals surface area (Å²) in [5.41, 5.74) is 0.573. The molecule has 0 spiro atoms. The van der Waals surface area contributed by atoms with E-state index in [-0.39, 0.29) is 12.5 Å². The molecular weight excluding hydrogens is 376 g/mol. The van der Waals surface area contributed by atoms with Crippen LogP contribution in [0.4, 0.5) is 0 Å². The van der Waals surface area contributed by atoms with Crippen LogP contribution in [0.1, 0.15) is 28.9 Å². The van der Waals surface area contributed by atoms with E-state index < -0.39 is 0 Å². The first kappa shape index (κ1) is 14.3. The van der Waals surface area contributed by atoms with Crippen LogP contribution in [-0.4, -0.2) is 10.9 Å². The molecule has 100 valence electrons. The molecule has 1 amide bonds. The Hall–Kier alpha value is -1.14. The van der Waals surface area contributed by atoms with E-state index in [1.165, 1.54) is 0 Å². The fourth-order valence-electron chi connectivity index (χ4n) is 1.54. The van der Waals surface area contributed by atoms with Crippen molar-refractivity contribution in [2.45, 2.75) is 19.9 Å². The number of oxazole rings is 1. The van der Waals surface area contributed by atoms with Crippen molar-refractivity contribution in [3.05, 3.63) is 50.6 Å². The number of aromatic nitrogens is 1. The van der Waals surface area contributed by atoms with E-state index in [9.17, 15) is 4.79 Å². The fourth-order valence-corrected chi connectivity index (χ4v) is 2.83. The number of benzene rings is 1. The van der Waals surface area contributed by atoms with Crippen LogP contribution in [0.3, 0.4) is 0 Å². The monoisotopic (exact) mass is 386 g/mol. The predicted octanol–water partition coefficient (Wildman–Crippen LogP) is 3.69. The summed E-state index contributed by atoms with van der Waals surface area (Å²) in [5.74, 6) is 1.16. The first-order valence-corrected chi connectivity index (χ1v) is 7.35. The van der Waals surface area contributed by atoms with Gasteiger partial charge in [0.05, 0.1) is 12.7 Å². The minimum atomic E-state index is -0.168. The number of hydrogen-bond acceptors (Lipinski definition) is 3. The zero-order chi connectivity index (χ0) is 13.8. The van der Waals surface area contributed by atoms with Crippen molar-refractivity contribution in [1.82, 2.24) is 10.3 Å². The minimum Gasteiger partial charge on any atom is -0.444 e. The maximum atomic E-state index is 12.0. The third-order valence-corrected chi connectivity index (χ3v) is 3.39. The van der Waals surface area contributed by atoms with Gasteiger partial charge in [-0.25, -0.2) is 4.98 Å². The summed E-state index contributed by atoms with van der Waals surface area (Å²) >= 11 is 6.70. The molecule has 1 heterocycles. The largest absolute Gasteiger partial charge is 0.444 e. The lowest BCUT2D eigenvalue weighted by Crippen LogP contribution is -2.22. The minimum absolute atomic E-state index is 0.168. The van der Waals surface area contributed by atoms with Crippen molar-refractivity contribution < 1.29 is 9.21 Å². The maximum absolute atomic E-state index is 12.0. The first-order chi connectivity index (χ1) is 9.08. The number of rotatable bonds is 4. The topological polar surface area (TPSA) is 55.1 Å². The third-order valence-electron chi connectivity index (χ3n) is 2.47. The number of amides is 1. The number of aryl methyl sites for hydroxylation is 1. The van der Waals surface area contributed by atoms with Crippen molar-refractivity contribution in [3.8, 4) is 0 Å². The molecule has 2 aromatic rings. The van der Waals surface area contributed by atoms with Gasteiger partial charge in [0.2, 0.25) is 5.89 Å². The van der Waals surface area contributed by atoms with Crippen LogP contribution in [0.25, 0.3) is 0 Å². The average Bonchev–Trinajstić information content (AvgIpc) is 2.82. The number of carbonyl (C=O) groups excluding carboxylic acids is 1. The Kier molecular flexibility index (Phi) is 4.76. The molecule has 0 atom stereocenters. The van der Waals surface area contributed by atoms with Gasteiger partial charge in [-0.1, -0.05) is 38.8 Å². The Balaban J connectivity index is 2.00. The Bertz CT molecular complexity index is 576. The molecule has 0 saturated carbocycles. The molecule has 0 bridgehead atoms. The van der Waals surface area contributed by atoms with E-state index in [2.05, 4.69) is 42.2 Å². The Morgan fingerprint density at radius 2 is 2.00 bits per heavy atom. The van der Waals surface area contributed by atoms with Crippen molar-refractivity contribution in [2.24, 2.45) is 0 Å². The molecule has 0 radical (unpaired) electrons. The second-order valence-corrected chi connectivity index (χ2v) is 5.75. The van der Waals surface area contributed by atoms with Crippen LogP contribution in [0, 0.1) is 0 Å². The predicted molar refractivity (Wildman–Crippen MR) is 78.9 cm³/mol. The normalized spacial score (nSPS) is 10.5. The SMILES string of the molecule is CCc1cnc(CNC(=O)c2cc(Br)cc(Br)c2)o1. The molecule has 0 saturated heterocycles. The molecule has 0 aliphatic carbocycles. The molecule has 4 nitrogen and oxygen atoms in total. The van der Waals surface area contributed by atoms with E-state index >= 15 is 0 Å². The lowest BCUT2D eigenvalue weighted by atomic mass is 10.2. The van der Waals surface area contributed by atoms with Crippen LogP contribution in [0.5, 0.6) is 0 Å². The highest BCUT2D eigenvalue weighted by Crippen LogP contribution is 2.20. The molecule has 0 aliphatic rings. The molecule has 1 N–H and O–H groups in total. The van der Waals surface area contributed by atoms with E-state index in [4.69, 9.17) is 4.42 Å². The van der Waals surface area contributed by atoms with E-state index in [0.29, 0.717) is 11.5 Å². The van der Waals surface area contributed by atoms with Gasteiger partial charge in [-0.3, -0.25) is 4.79 Å². The van der Waals surface area contributed by atoms with Gasteiger partial charge in [0, 0.05) is 20.9 Å². The van der Waals surface area contributed by atoms with Gasteiger partial charge in [-0.2, -0.15) is 0 Å². The highest BCUT2D eigenvalue weighted by molar-refractivity contribution is 9.11. The van der Waals surface area contributed by atoms with Crippen molar-refractivity contribution in [2.75, 3.05) is 0 Å². The smallest absolute Gasteiger partial charge is 0.251 e. The number of nitrogens with zero attached hydrogens (tertiary/aromatic N) is 1. The summed E-state index contributed by atoms with van der Waals surface area (Å²) in [4.78, 5) is 16.1. The van der Waals surface area contributed by atoms with E-state index in [0.717, 1.165) is 21.1 Å². The lowest BCUT2D eigenvalue weighted by Gasteiger charge is -2.04. The van der Waals surface area contributed by atoms with Crippen molar-refractivity contribution >= 4 is 37.8 Å². The summed E-state index contributed by atoms with van der Waals surface area (Å²) in [6, 6.07) is 5.39. The van der Waals surface area contributed by atoms with Gasteiger partial charge >= 0.3 is 0 Å². The highest BCUT2D eigenvalue weighted by atomic mass is 79.9. The Morgan fingerprint density at radius 3 is 2.58 bits per heavy atom. The zero-order valence-corrected chi connectivity index (χ0v) is 13.4. The van der Waals surface area contributed by atoms with E-state index in [1.807, 2.05) is 13.0 Å². The summed E-state index contributed by atoms with van der Waals surface area (Å²) in [6.07, 6.45) is 2.47. The second kappa shape index (κ2) is 6.34. The second-order valence-electron chi connectivity index (χ2n) is 3.91. The van der Waals surface area contributed by atoms with Crippen LogP contribution >= 0.6 is 31.9 Å². The van der Waals surface area contributed by atoms with Crippen LogP contribution in [0.2, 0.25) is 0 Å². The third kappa shape index (κ3) is 3.91. The summed E-state index contributed by atoms with van der Waals surface area (Å²) in [7, 11) is 0. The molecule has 6 heteroatoms. The lowest BCUT2D eigenvalue weighted by molar-refractivity contribution is 0.0947. The molecule has 0 fully saturated rings. The summed E-state index contributed by atoms with van der Waals surface area (Å²) in [6.45, 7) is 2.27. The van der Waals surface area contributed by atoms with Crippen LogP contribution in [-0.2, 0) is 13.0 Å². The molecule has 19 heavy (non-hydrogen) atoms. The van der Waals surface area contributed by atoms with Gasteiger partial charge in [0.1, 0.15) is 5.76 Å². The zero-order valence-electron chi connectivity index (χ0n) is 10.2. The fraction of sp³-hybridized carbons (Fsp3) is 0.231. The number of nitrogens with one attached hydrogen (secondary N) is 1. The van der Waals surface area contributed by atoms with E-state index in [1.54, 1.807) is 18.3 Å². The summed E-state index contributed by atoms with van der Waals surface area (Å²) in [5, 5.41) is 2.77. The average molecular weight is 388 g/mol. The van der Waals surface area contributed by atoms with Crippen molar-refractivity contribution in [3.63, 3.8) is 0 Å². The van der Waals surface area contributed by atoms with Gasteiger partial charge < -0.3 is 9.73 Å². The first-order valence-electron chi connectivity index (χ1n) is 5.76. The van der Waals surface area contributed by atoms with Gasteiger partial charge in [-0.05, 0) is 18.2 Å². The van der Waals surface area contributed by atoms with Gasteiger partial charge in [0.15, 0.2) is 0 Å². The molecule has 1 aromatic heterocycles. The molecular formula is C13H12Br2N2O2. The number of carbonyl (C=O) groups is 1. The van der Waals surface area contributed by atoms with Crippen molar-refractivity contribution in [1.29, 1.82) is 0 Å². The highest BCUT2D eigenvalue weighted by Gasteiger charge is 2.09. The molecule has 0 aliphatic heterocycles. The maximum Gasteiger partial charge on any atom is 0.251 e. The Labute approximate surface area is 127 Å². The van der Waals surface area contributed by atoms with Gasteiger partial charge in [0.25, 0.3) is 5.91 Å². The molecule has 1 aromatic carbocycles. The Morgan fingerprint density at radius 1 is 1.32 bits per heavy atom. The quantitative estimate of drug-likeness (QED) is 0.870.